The number of carbonyl (C=O) groups is 1. The van der Waals surface area contributed by atoms with E-state index in [2.05, 4.69) is 6.92 Å². The van der Waals surface area contributed by atoms with Crippen LogP contribution in [0.5, 0.6) is 5.75 Å². The van der Waals surface area contributed by atoms with Crippen molar-refractivity contribution in [1.29, 1.82) is 0 Å². The summed E-state index contributed by atoms with van der Waals surface area (Å²) in [5.74, 6) is 0.712. The van der Waals surface area contributed by atoms with E-state index in [4.69, 9.17) is 16.3 Å². The van der Waals surface area contributed by atoms with Gasteiger partial charge in [-0.1, -0.05) is 32.6 Å². The number of halogens is 1. The maximum atomic E-state index is 10.9. The highest BCUT2D eigenvalue weighted by Crippen LogP contribution is 2.14. The van der Waals surface area contributed by atoms with Gasteiger partial charge in [0.05, 0.1) is 6.26 Å². The van der Waals surface area contributed by atoms with Crippen molar-refractivity contribution in [3.63, 3.8) is 0 Å². The molecule has 0 N–H and O–H groups in total. The van der Waals surface area contributed by atoms with E-state index < -0.39 is 5.24 Å². The molecule has 0 aromatic heterocycles. The van der Waals surface area contributed by atoms with E-state index in [1.54, 1.807) is 30.5 Å². The molecule has 0 amide bonds. The Bertz CT molecular complexity index is 396. The number of ether oxygens (including phenoxy) is 1. The smallest absolute Gasteiger partial charge is 0.252 e. The summed E-state index contributed by atoms with van der Waals surface area (Å²) in [6, 6.07) is 6.79. The van der Waals surface area contributed by atoms with Crippen LogP contribution in [0.4, 0.5) is 0 Å². The van der Waals surface area contributed by atoms with Crippen molar-refractivity contribution < 1.29 is 9.53 Å². The van der Waals surface area contributed by atoms with Crippen molar-refractivity contribution in [2.24, 2.45) is 0 Å². The quantitative estimate of drug-likeness (QED) is 0.348. The molecule has 1 aromatic carbocycles. The first-order valence-electron chi connectivity index (χ1n) is 6.85. The topological polar surface area (TPSA) is 26.3 Å². The van der Waals surface area contributed by atoms with E-state index in [1.807, 2.05) is 6.08 Å². The van der Waals surface area contributed by atoms with Crippen LogP contribution in [0.15, 0.2) is 36.6 Å². The molecule has 2 nitrogen and oxygen atoms in total. The molecule has 0 atom stereocenters. The number of rotatable bonds is 9. The Morgan fingerprint density at radius 1 is 1.16 bits per heavy atom. The zero-order valence-corrected chi connectivity index (χ0v) is 12.2. The van der Waals surface area contributed by atoms with Gasteiger partial charge in [0.25, 0.3) is 5.24 Å². The van der Waals surface area contributed by atoms with Crippen molar-refractivity contribution in [2.75, 3.05) is 0 Å². The molecule has 0 aliphatic carbocycles. The molecule has 0 saturated carbocycles. The number of benzene rings is 1. The van der Waals surface area contributed by atoms with Crippen molar-refractivity contribution >= 4 is 16.8 Å². The van der Waals surface area contributed by atoms with Crippen LogP contribution in [-0.2, 0) is 0 Å². The second-order valence-electron chi connectivity index (χ2n) is 4.49. The lowest BCUT2D eigenvalue weighted by atomic mass is 10.1. The summed E-state index contributed by atoms with van der Waals surface area (Å²) in [6.07, 6.45) is 11.2. The summed E-state index contributed by atoms with van der Waals surface area (Å²) < 4.78 is 5.43. The van der Waals surface area contributed by atoms with E-state index >= 15 is 0 Å². The lowest BCUT2D eigenvalue weighted by Gasteiger charge is -2.00. The standard InChI is InChI=1S/C16H21ClO2/c1-2-3-4-5-6-7-8-13-19-15-11-9-14(10-12-15)16(17)18/h8-13H,2-7H2,1H3. The fourth-order valence-corrected chi connectivity index (χ4v) is 1.85. The summed E-state index contributed by atoms with van der Waals surface area (Å²) >= 11 is 5.36. The van der Waals surface area contributed by atoms with Crippen LogP contribution in [0.3, 0.4) is 0 Å². The van der Waals surface area contributed by atoms with Gasteiger partial charge in [0.15, 0.2) is 0 Å². The van der Waals surface area contributed by atoms with Gasteiger partial charge in [-0.05, 0) is 54.8 Å². The Kier molecular flexibility index (Phi) is 7.99. The highest BCUT2D eigenvalue weighted by atomic mass is 35.5. The second-order valence-corrected chi connectivity index (χ2v) is 4.83. The molecule has 0 saturated heterocycles. The first-order chi connectivity index (χ1) is 9.24. The minimum Gasteiger partial charge on any atom is -0.465 e. The minimum absolute atomic E-state index is 0.450. The molecule has 1 aromatic rings. The normalized spacial score (nSPS) is 10.8. The van der Waals surface area contributed by atoms with Gasteiger partial charge in [-0.3, -0.25) is 4.79 Å². The van der Waals surface area contributed by atoms with Crippen LogP contribution in [0.2, 0.25) is 0 Å². The van der Waals surface area contributed by atoms with Gasteiger partial charge < -0.3 is 4.74 Å². The van der Waals surface area contributed by atoms with E-state index in [0.29, 0.717) is 11.3 Å². The molecule has 0 bridgehead atoms. The Labute approximate surface area is 120 Å². The highest BCUT2D eigenvalue weighted by molar-refractivity contribution is 6.67. The molecular weight excluding hydrogens is 260 g/mol. The average molecular weight is 281 g/mol. The molecule has 0 spiro atoms. The van der Waals surface area contributed by atoms with Crippen molar-refractivity contribution in [3.8, 4) is 5.75 Å². The summed E-state index contributed by atoms with van der Waals surface area (Å²) in [4.78, 5) is 10.9. The van der Waals surface area contributed by atoms with Gasteiger partial charge in [-0.15, -0.1) is 0 Å². The largest absolute Gasteiger partial charge is 0.465 e. The van der Waals surface area contributed by atoms with Crippen molar-refractivity contribution in [1.82, 2.24) is 0 Å². The van der Waals surface area contributed by atoms with Crippen molar-refractivity contribution in [2.45, 2.75) is 45.4 Å². The van der Waals surface area contributed by atoms with Gasteiger partial charge in [0.1, 0.15) is 5.75 Å². The van der Waals surface area contributed by atoms with Crippen LogP contribution >= 0.6 is 11.6 Å². The zero-order chi connectivity index (χ0) is 13.9. The van der Waals surface area contributed by atoms with Crippen molar-refractivity contribution in [3.05, 3.63) is 42.2 Å². The highest BCUT2D eigenvalue weighted by Gasteiger charge is 2.00. The molecule has 1 rings (SSSR count). The SMILES string of the molecule is CCCCCCCC=COc1ccc(C(=O)Cl)cc1. The van der Waals surface area contributed by atoms with E-state index in [9.17, 15) is 4.79 Å². The fraction of sp³-hybridized carbons (Fsp3) is 0.438. The van der Waals surface area contributed by atoms with Crippen LogP contribution in [-0.4, -0.2) is 5.24 Å². The Hall–Kier alpha value is -1.28. The van der Waals surface area contributed by atoms with E-state index in [-0.39, 0.29) is 0 Å². The first kappa shape index (κ1) is 15.8. The third-order valence-corrected chi connectivity index (χ3v) is 3.07. The molecule has 0 radical (unpaired) electrons. The molecular formula is C16H21ClO2. The van der Waals surface area contributed by atoms with Crippen LogP contribution < -0.4 is 4.74 Å². The molecule has 3 heteroatoms. The first-order valence-corrected chi connectivity index (χ1v) is 7.23. The fourth-order valence-electron chi connectivity index (χ4n) is 1.73. The number of unbranched alkanes of at least 4 members (excludes halogenated alkanes) is 5. The van der Waals surface area contributed by atoms with Gasteiger partial charge in [-0.2, -0.15) is 0 Å². The number of carbonyl (C=O) groups excluding carboxylic acids is 1. The third-order valence-electron chi connectivity index (χ3n) is 2.86. The monoisotopic (exact) mass is 280 g/mol. The van der Waals surface area contributed by atoms with Crippen LogP contribution in [0, 0.1) is 0 Å². The third kappa shape index (κ3) is 7.02. The summed E-state index contributed by atoms with van der Waals surface area (Å²) in [5.41, 5.74) is 0.480. The van der Waals surface area contributed by atoms with Gasteiger partial charge >= 0.3 is 0 Å². The lowest BCUT2D eigenvalue weighted by molar-refractivity contribution is 0.108. The number of hydrogen-bond acceptors (Lipinski definition) is 2. The molecule has 0 aliphatic rings. The summed E-state index contributed by atoms with van der Waals surface area (Å²) in [5, 5.41) is -0.450. The molecule has 0 fully saturated rings. The second kappa shape index (κ2) is 9.62. The predicted molar refractivity (Wildman–Crippen MR) is 79.8 cm³/mol. The van der Waals surface area contributed by atoms with Gasteiger partial charge in [0.2, 0.25) is 0 Å². The Morgan fingerprint density at radius 3 is 2.47 bits per heavy atom. The van der Waals surface area contributed by atoms with Gasteiger partial charge in [0, 0.05) is 5.56 Å². The summed E-state index contributed by atoms with van der Waals surface area (Å²) in [7, 11) is 0. The molecule has 0 heterocycles. The molecule has 104 valence electrons. The zero-order valence-electron chi connectivity index (χ0n) is 11.4. The molecule has 0 aliphatic heterocycles. The Balaban J connectivity index is 2.19. The average Bonchev–Trinajstić information content (AvgIpc) is 2.42. The van der Waals surface area contributed by atoms with E-state index in [1.165, 1.54) is 32.1 Å². The van der Waals surface area contributed by atoms with Gasteiger partial charge in [-0.25, -0.2) is 0 Å². The van der Waals surface area contributed by atoms with Crippen LogP contribution in [0.25, 0.3) is 0 Å². The predicted octanol–water partition coefficient (Wildman–Crippen LogP) is 5.32. The van der Waals surface area contributed by atoms with Crippen LogP contribution in [0.1, 0.15) is 55.8 Å². The Morgan fingerprint density at radius 2 is 1.84 bits per heavy atom. The lowest BCUT2D eigenvalue weighted by Crippen LogP contribution is -1.88. The van der Waals surface area contributed by atoms with E-state index in [0.717, 1.165) is 6.42 Å². The number of allylic oxidation sites excluding steroid dienone is 1. The number of hydrogen-bond donors (Lipinski definition) is 0. The summed E-state index contributed by atoms with van der Waals surface area (Å²) in [6.45, 7) is 2.22. The molecule has 19 heavy (non-hydrogen) atoms. The maximum absolute atomic E-state index is 10.9. The molecule has 0 unspecified atom stereocenters. The maximum Gasteiger partial charge on any atom is 0.252 e. The minimum atomic E-state index is -0.450.